The molecule has 1 atom stereocenters. The zero-order chi connectivity index (χ0) is 12.0. The van der Waals surface area contributed by atoms with Gasteiger partial charge >= 0.3 is 0 Å². The molecule has 1 heterocycles. The van der Waals surface area contributed by atoms with Gasteiger partial charge in [-0.3, -0.25) is 4.68 Å². The third-order valence-electron chi connectivity index (χ3n) is 2.73. The predicted molar refractivity (Wildman–Crippen MR) is 68.8 cm³/mol. The first-order chi connectivity index (χ1) is 7.54. The Morgan fingerprint density at radius 1 is 1.44 bits per heavy atom. The Morgan fingerprint density at radius 3 is 2.69 bits per heavy atom. The van der Waals surface area contributed by atoms with Gasteiger partial charge in [0.25, 0.3) is 0 Å². The second-order valence-corrected chi connectivity index (χ2v) is 5.50. The maximum absolute atomic E-state index is 5.82. The third-order valence-corrected chi connectivity index (χ3v) is 2.95. The van der Waals surface area contributed by atoms with E-state index >= 15 is 0 Å². The lowest BCUT2D eigenvalue weighted by Gasteiger charge is -2.31. The molecule has 4 heteroatoms. The molecule has 1 aromatic rings. The highest BCUT2D eigenvalue weighted by molar-refractivity contribution is 6.17. The Balaban J connectivity index is 2.33. The maximum Gasteiger partial charge on any atom is 0.0534 e. The SMILES string of the molecule is CC(C)(C)C(CCCl)NCCn1cccn1. The summed E-state index contributed by atoms with van der Waals surface area (Å²) in [5.41, 5.74) is 0.249. The summed E-state index contributed by atoms with van der Waals surface area (Å²) >= 11 is 5.82. The highest BCUT2D eigenvalue weighted by atomic mass is 35.5. The molecule has 1 rings (SSSR count). The van der Waals surface area contributed by atoms with Crippen LogP contribution in [0, 0.1) is 5.41 Å². The summed E-state index contributed by atoms with van der Waals surface area (Å²) in [6, 6.07) is 2.40. The van der Waals surface area contributed by atoms with E-state index < -0.39 is 0 Å². The Kier molecular flexibility index (Phi) is 5.29. The van der Waals surface area contributed by atoms with Crippen LogP contribution in [-0.4, -0.2) is 28.2 Å². The average molecular weight is 244 g/mol. The van der Waals surface area contributed by atoms with Crippen LogP contribution in [0.5, 0.6) is 0 Å². The number of hydrogen-bond donors (Lipinski definition) is 1. The summed E-state index contributed by atoms with van der Waals surface area (Å²) in [6.07, 6.45) is 4.79. The van der Waals surface area contributed by atoms with E-state index in [2.05, 4.69) is 31.2 Å². The van der Waals surface area contributed by atoms with Crippen molar-refractivity contribution in [2.45, 2.75) is 39.8 Å². The van der Waals surface area contributed by atoms with E-state index in [1.165, 1.54) is 0 Å². The Labute approximate surface area is 103 Å². The van der Waals surface area contributed by atoms with Crippen molar-refractivity contribution in [3.05, 3.63) is 18.5 Å². The van der Waals surface area contributed by atoms with Crippen LogP contribution in [0.3, 0.4) is 0 Å². The summed E-state index contributed by atoms with van der Waals surface area (Å²) in [6.45, 7) is 8.56. The number of nitrogens with one attached hydrogen (secondary N) is 1. The smallest absolute Gasteiger partial charge is 0.0534 e. The van der Waals surface area contributed by atoms with Crippen molar-refractivity contribution in [2.75, 3.05) is 12.4 Å². The zero-order valence-electron chi connectivity index (χ0n) is 10.4. The first-order valence-electron chi connectivity index (χ1n) is 5.81. The van der Waals surface area contributed by atoms with Crippen molar-refractivity contribution in [3.8, 4) is 0 Å². The fourth-order valence-electron chi connectivity index (χ4n) is 1.74. The third kappa shape index (κ3) is 4.54. The van der Waals surface area contributed by atoms with Gasteiger partial charge in [-0.1, -0.05) is 20.8 Å². The standard InChI is InChI=1S/C12H22ClN3/c1-12(2,3)11(5-6-13)14-8-10-16-9-4-7-15-16/h4,7,9,11,14H,5-6,8,10H2,1-3H3. The van der Waals surface area contributed by atoms with Gasteiger partial charge in [-0.05, 0) is 17.9 Å². The van der Waals surface area contributed by atoms with Gasteiger partial charge in [-0.25, -0.2) is 0 Å². The highest BCUT2D eigenvalue weighted by Crippen LogP contribution is 2.21. The minimum absolute atomic E-state index is 0.249. The van der Waals surface area contributed by atoms with Crippen molar-refractivity contribution < 1.29 is 0 Å². The summed E-state index contributed by atoms with van der Waals surface area (Å²) in [5.74, 6) is 0.705. The van der Waals surface area contributed by atoms with Crippen LogP contribution in [-0.2, 0) is 6.54 Å². The molecular formula is C12H22ClN3. The topological polar surface area (TPSA) is 29.9 Å². The van der Waals surface area contributed by atoms with Gasteiger partial charge in [0.15, 0.2) is 0 Å². The minimum Gasteiger partial charge on any atom is -0.312 e. The first-order valence-corrected chi connectivity index (χ1v) is 6.34. The van der Waals surface area contributed by atoms with Gasteiger partial charge in [-0.2, -0.15) is 5.10 Å². The molecule has 0 saturated heterocycles. The fourth-order valence-corrected chi connectivity index (χ4v) is 1.95. The number of halogens is 1. The van der Waals surface area contributed by atoms with E-state index in [1.54, 1.807) is 6.20 Å². The van der Waals surface area contributed by atoms with E-state index in [0.29, 0.717) is 11.9 Å². The molecule has 0 amide bonds. The maximum atomic E-state index is 5.82. The number of aromatic nitrogens is 2. The van der Waals surface area contributed by atoms with E-state index in [0.717, 1.165) is 19.5 Å². The zero-order valence-corrected chi connectivity index (χ0v) is 11.2. The van der Waals surface area contributed by atoms with E-state index in [4.69, 9.17) is 11.6 Å². The number of rotatable bonds is 6. The van der Waals surface area contributed by atoms with Gasteiger partial charge in [0.2, 0.25) is 0 Å². The van der Waals surface area contributed by atoms with Crippen molar-refractivity contribution in [2.24, 2.45) is 5.41 Å². The second-order valence-electron chi connectivity index (χ2n) is 5.12. The van der Waals surface area contributed by atoms with Gasteiger partial charge < -0.3 is 5.32 Å². The van der Waals surface area contributed by atoms with Crippen LogP contribution in [0.15, 0.2) is 18.5 Å². The lowest BCUT2D eigenvalue weighted by molar-refractivity contribution is 0.259. The summed E-state index contributed by atoms with van der Waals surface area (Å²) in [4.78, 5) is 0. The van der Waals surface area contributed by atoms with Gasteiger partial charge in [0, 0.05) is 30.9 Å². The van der Waals surface area contributed by atoms with Gasteiger partial charge in [-0.15, -0.1) is 11.6 Å². The number of alkyl halides is 1. The highest BCUT2D eigenvalue weighted by Gasteiger charge is 2.22. The normalized spacial score (nSPS) is 14.0. The molecule has 1 aromatic heterocycles. The van der Waals surface area contributed by atoms with Crippen molar-refractivity contribution in [3.63, 3.8) is 0 Å². The monoisotopic (exact) mass is 243 g/mol. The summed E-state index contributed by atoms with van der Waals surface area (Å²) < 4.78 is 1.94. The fraction of sp³-hybridized carbons (Fsp3) is 0.750. The Bertz CT molecular complexity index is 277. The molecule has 0 aromatic carbocycles. The second kappa shape index (κ2) is 6.26. The molecule has 0 saturated carbocycles. The molecule has 16 heavy (non-hydrogen) atoms. The molecule has 0 aliphatic carbocycles. The molecule has 0 fully saturated rings. The molecule has 0 spiro atoms. The average Bonchev–Trinajstić information content (AvgIpc) is 2.67. The van der Waals surface area contributed by atoms with E-state index in [-0.39, 0.29) is 5.41 Å². The molecule has 0 bridgehead atoms. The quantitative estimate of drug-likeness (QED) is 0.779. The molecule has 0 aliphatic rings. The van der Waals surface area contributed by atoms with Crippen LogP contribution in [0.1, 0.15) is 27.2 Å². The predicted octanol–water partition coefficient (Wildman–Crippen LogP) is 2.52. The number of nitrogens with zero attached hydrogens (tertiary/aromatic N) is 2. The van der Waals surface area contributed by atoms with Crippen molar-refractivity contribution >= 4 is 11.6 Å². The lowest BCUT2D eigenvalue weighted by atomic mass is 9.85. The molecule has 1 N–H and O–H groups in total. The molecule has 92 valence electrons. The lowest BCUT2D eigenvalue weighted by Crippen LogP contribution is -2.42. The van der Waals surface area contributed by atoms with E-state index in [1.807, 2.05) is 16.9 Å². The molecular weight excluding hydrogens is 222 g/mol. The van der Waals surface area contributed by atoms with Gasteiger partial charge in [0.05, 0.1) is 6.54 Å². The molecule has 0 radical (unpaired) electrons. The number of hydrogen-bond acceptors (Lipinski definition) is 2. The van der Waals surface area contributed by atoms with Crippen molar-refractivity contribution in [1.29, 1.82) is 0 Å². The molecule has 0 aliphatic heterocycles. The summed E-state index contributed by atoms with van der Waals surface area (Å²) in [7, 11) is 0. The summed E-state index contributed by atoms with van der Waals surface area (Å²) in [5, 5.41) is 7.73. The molecule has 3 nitrogen and oxygen atoms in total. The van der Waals surface area contributed by atoms with Crippen LogP contribution in [0.2, 0.25) is 0 Å². The largest absolute Gasteiger partial charge is 0.312 e. The Morgan fingerprint density at radius 2 is 2.19 bits per heavy atom. The van der Waals surface area contributed by atoms with Crippen molar-refractivity contribution in [1.82, 2.24) is 15.1 Å². The van der Waals surface area contributed by atoms with Crippen LogP contribution < -0.4 is 5.32 Å². The van der Waals surface area contributed by atoms with Gasteiger partial charge in [0.1, 0.15) is 0 Å². The van der Waals surface area contributed by atoms with E-state index in [9.17, 15) is 0 Å². The van der Waals surface area contributed by atoms with Crippen LogP contribution >= 0.6 is 11.6 Å². The minimum atomic E-state index is 0.249. The molecule has 1 unspecified atom stereocenters. The van der Waals surface area contributed by atoms with Crippen LogP contribution in [0.4, 0.5) is 0 Å². The van der Waals surface area contributed by atoms with Crippen LogP contribution in [0.25, 0.3) is 0 Å². The first kappa shape index (κ1) is 13.5. The Hall–Kier alpha value is -0.540.